The Morgan fingerprint density at radius 3 is 2.37 bits per heavy atom. The number of anilines is 1. The van der Waals surface area contributed by atoms with Crippen LogP contribution < -0.4 is 10.1 Å². The topological polar surface area (TPSA) is 94.8 Å². The molecular formula is C23H21NO6. The first kappa shape index (κ1) is 20.9. The highest BCUT2D eigenvalue weighted by Crippen LogP contribution is 2.15. The van der Waals surface area contributed by atoms with Crippen LogP contribution in [0.4, 0.5) is 5.69 Å². The van der Waals surface area contributed by atoms with Crippen LogP contribution in [0.5, 0.6) is 5.75 Å². The van der Waals surface area contributed by atoms with Gasteiger partial charge in [0.25, 0.3) is 0 Å². The maximum absolute atomic E-state index is 12.2. The Balaban J connectivity index is 1.48. The number of esters is 1. The lowest BCUT2D eigenvalue weighted by atomic mass is 10.1. The summed E-state index contributed by atoms with van der Waals surface area (Å²) in [7, 11) is 0. The number of Topliss-reactive ketones (excluding diaryl/α,β-unsaturated/α-hetero) is 1. The van der Waals surface area contributed by atoms with Crippen molar-refractivity contribution in [3.05, 3.63) is 83.8 Å². The lowest BCUT2D eigenvalue weighted by Crippen LogP contribution is -2.14. The van der Waals surface area contributed by atoms with Gasteiger partial charge < -0.3 is 19.2 Å². The van der Waals surface area contributed by atoms with E-state index in [4.69, 9.17) is 13.9 Å². The highest BCUT2D eigenvalue weighted by molar-refractivity contribution is 5.99. The molecule has 0 aliphatic carbocycles. The largest absolute Gasteiger partial charge is 0.486 e. The Kier molecular flexibility index (Phi) is 7.00. The first-order valence-corrected chi connectivity index (χ1v) is 9.42. The van der Waals surface area contributed by atoms with Gasteiger partial charge in [-0.05, 0) is 48.5 Å². The second-order valence-electron chi connectivity index (χ2n) is 6.35. The number of hydrogen-bond donors (Lipinski definition) is 1. The summed E-state index contributed by atoms with van der Waals surface area (Å²) in [6.45, 7) is 1.49. The zero-order valence-electron chi connectivity index (χ0n) is 16.4. The van der Waals surface area contributed by atoms with Gasteiger partial charge in [0.05, 0.1) is 0 Å². The monoisotopic (exact) mass is 407 g/mol. The number of hydrogen-bond acceptors (Lipinski definition) is 6. The van der Waals surface area contributed by atoms with E-state index in [-0.39, 0.29) is 24.1 Å². The van der Waals surface area contributed by atoms with Gasteiger partial charge in [-0.1, -0.05) is 25.1 Å². The molecule has 0 atom stereocenters. The predicted molar refractivity (Wildman–Crippen MR) is 109 cm³/mol. The molecule has 0 aliphatic rings. The number of ketones is 1. The van der Waals surface area contributed by atoms with E-state index in [1.54, 1.807) is 37.3 Å². The summed E-state index contributed by atoms with van der Waals surface area (Å²) in [5.41, 5.74) is 0.963. The van der Waals surface area contributed by atoms with Crippen molar-refractivity contribution in [2.45, 2.75) is 20.0 Å². The van der Waals surface area contributed by atoms with Crippen molar-refractivity contribution in [2.75, 3.05) is 11.9 Å². The molecule has 1 aromatic heterocycles. The number of amides is 1. The van der Waals surface area contributed by atoms with E-state index in [9.17, 15) is 14.4 Å². The van der Waals surface area contributed by atoms with Gasteiger partial charge in [-0.2, -0.15) is 0 Å². The molecule has 0 radical (unpaired) electrons. The SMILES string of the molecule is CCC(=O)Nc1ccc(C(=O)COC(=O)c2ccc(COc3ccccc3)o2)cc1. The molecule has 0 bridgehead atoms. The van der Waals surface area contributed by atoms with Gasteiger partial charge in [-0.15, -0.1) is 0 Å². The number of carbonyl (C=O) groups is 3. The van der Waals surface area contributed by atoms with E-state index in [0.29, 0.717) is 29.2 Å². The third-order valence-electron chi connectivity index (χ3n) is 4.13. The maximum atomic E-state index is 12.2. The Morgan fingerprint density at radius 2 is 1.67 bits per heavy atom. The molecule has 0 aliphatic heterocycles. The molecule has 0 saturated heterocycles. The smallest absolute Gasteiger partial charge is 0.374 e. The molecule has 30 heavy (non-hydrogen) atoms. The van der Waals surface area contributed by atoms with Crippen molar-refractivity contribution in [1.29, 1.82) is 0 Å². The van der Waals surface area contributed by atoms with Crippen molar-refractivity contribution in [1.82, 2.24) is 0 Å². The molecule has 1 N–H and O–H groups in total. The minimum atomic E-state index is -0.735. The lowest BCUT2D eigenvalue weighted by molar-refractivity contribution is -0.115. The number of ether oxygens (including phenoxy) is 2. The van der Waals surface area contributed by atoms with Crippen LogP contribution in [0.15, 0.2) is 71.1 Å². The van der Waals surface area contributed by atoms with Crippen LogP contribution in [0.2, 0.25) is 0 Å². The van der Waals surface area contributed by atoms with Gasteiger partial charge in [0.15, 0.2) is 12.4 Å². The van der Waals surface area contributed by atoms with Crippen molar-refractivity contribution in [3.8, 4) is 5.75 Å². The van der Waals surface area contributed by atoms with E-state index in [2.05, 4.69) is 5.32 Å². The molecule has 1 amide bonds. The summed E-state index contributed by atoms with van der Waals surface area (Å²) in [5, 5.41) is 2.69. The molecule has 154 valence electrons. The van der Waals surface area contributed by atoms with Crippen LogP contribution in [0.1, 0.15) is 40.0 Å². The van der Waals surface area contributed by atoms with Gasteiger partial charge in [0.2, 0.25) is 11.7 Å². The first-order chi connectivity index (χ1) is 14.5. The highest BCUT2D eigenvalue weighted by Gasteiger charge is 2.16. The lowest BCUT2D eigenvalue weighted by Gasteiger charge is -2.06. The standard InChI is InChI=1S/C23H21NO6/c1-2-22(26)24-17-10-8-16(9-11-17)20(25)15-29-23(27)21-13-12-19(30-21)14-28-18-6-4-3-5-7-18/h3-13H,2,14-15H2,1H3,(H,24,26). The number of rotatable bonds is 9. The predicted octanol–water partition coefficient (Wildman–Crippen LogP) is 4.25. The fourth-order valence-electron chi connectivity index (χ4n) is 2.51. The van der Waals surface area contributed by atoms with Crippen LogP contribution in [0, 0.1) is 0 Å². The van der Waals surface area contributed by atoms with E-state index >= 15 is 0 Å². The van der Waals surface area contributed by atoms with E-state index in [1.165, 1.54) is 6.07 Å². The highest BCUT2D eigenvalue weighted by atomic mass is 16.5. The minimum absolute atomic E-state index is 0.00733. The average Bonchev–Trinajstić information content (AvgIpc) is 3.26. The molecule has 7 heteroatoms. The summed E-state index contributed by atoms with van der Waals surface area (Å²) < 4.78 is 16.0. The summed E-state index contributed by atoms with van der Waals surface area (Å²) in [6.07, 6.45) is 0.365. The van der Waals surface area contributed by atoms with Crippen molar-refractivity contribution < 1.29 is 28.3 Å². The third kappa shape index (κ3) is 5.81. The van der Waals surface area contributed by atoms with E-state index < -0.39 is 12.6 Å². The maximum Gasteiger partial charge on any atom is 0.374 e. The molecule has 0 fully saturated rings. The van der Waals surface area contributed by atoms with Gasteiger partial charge in [-0.25, -0.2) is 4.79 Å². The van der Waals surface area contributed by atoms with Crippen LogP contribution >= 0.6 is 0 Å². The van der Waals surface area contributed by atoms with Crippen molar-refractivity contribution >= 4 is 23.3 Å². The molecule has 3 aromatic rings. The molecule has 0 spiro atoms. The van der Waals surface area contributed by atoms with Gasteiger partial charge in [0, 0.05) is 17.7 Å². The summed E-state index contributed by atoms with van der Waals surface area (Å²) >= 11 is 0. The average molecular weight is 407 g/mol. The fourth-order valence-corrected chi connectivity index (χ4v) is 2.51. The molecule has 0 unspecified atom stereocenters. The molecule has 3 rings (SSSR count). The molecule has 1 heterocycles. The molecule has 2 aromatic carbocycles. The molecule has 7 nitrogen and oxygen atoms in total. The van der Waals surface area contributed by atoms with Gasteiger partial charge >= 0.3 is 5.97 Å². The van der Waals surface area contributed by atoms with E-state index in [1.807, 2.05) is 30.3 Å². The minimum Gasteiger partial charge on any atom is -0.486 e. The van der Waals surface area contributed by atoms with Crippen LogP contribution in [0.3, 0.4) is 0 Å². The van der Waals surface area contributed by atoms with Crippen LogP contribution in [0.25, 0.3) is 0 Å². The van der Waals surface area contributed by atoms with Crippen molar-refractivity contribution in [2.24, 2.45) is 0 Å². The zero-order valence-corrected chi connectivity index (χ0v) is 16.4. The van der Waals surface area contributed by atoms with E-state index in [0.717, 1.165) is 0 Å². The number of furan rings is 1. The molecular weight excluding hydrogens is 386 g/mol. The number of nitrogens with one attached hydrogen (secondary N) is 1. The fraction of sp³-hybridized carbons (Fsp3) is 0.174. The summed E-state index contributed by atoms with van der Waals surface area (Å²) in [4.78, 5) is 35.7. The Morgan fingerprint density at radius 1 is 0.933 bits per heavy atom. The normalized spacial score (nSPS) is 10.3. The van der Waals surface area contributed by atoms with Gasteiger partial charge in [-0.3, -0.25) is 9.59 Å². The Hall–Kier alpha value is -3.87. The van der Waals surface area contributed by atoms with Gasteiger partial charge in [0.1, 0.15) is 18.1 Å². The quantitative estimate of drug-likeness (QED) is 0.421. The first-order valence-electron chi connectivity index (χ1n) is 9.42. The number of benzene rings is 2. The van der Waals surface area contributed by atoms with Crippen molar-refractivity contribution in [3.63, 3.8) is 0 Å². The second-order valence-corrected chi connectivity index (χ2v) is 6.35. The Bertz CT molecular complexity index is 1010. The van der Waals surface area contributed by atoms with Crippen LogP contribution in [-0.2, 0) is 16.1 Å². The molecule has 0 saturated carbocycles. The number of carbonyl (C=O) groups excluding carboxylic acids is 3. The summed E-state index contributed by atoms with van der Waals surface area (Å²) in [6, 6.07) is 18.7. The number of para-hydroxylation sites is 1. The third-order valence-corrected chi connectivity index (χ3v) is 4.13. The summed E-state index contributed by atoms with van der Waals surface area (Å²) in [5.74, 6) is -0.0788. The van der Waals surface area contributed by atoms with Crippen LogP contribution in [-0.4, -0.2) is 24.3 Å². The second kappa shape index (κ2) is 10.1. The Labute approximate surface area is 173 Å². The zero-order chi connectivity index (χ0) is 21.3.